The van der Waals surface area contributed by atoms with Crippen molar-refractivity contribution in [2.24, 2.45) is 7.05 Å². The van der Waals surface area contributed by atoms with Crippen molar-refractivity contribution in [3.05, 3.63) is 47.0 Å². The van der Waals surface area contributed by atoms with E-state index in [1.807, 2.05) is 4.72 Å². The highest BCUT2D eigenvalue weighted by molar-refractivity contribution is 7.90. The summed E-state index contributed by atoms with van der Waals surface area (Å²) < 4.78 is 35.6. The SMILES string of the molecule is Cc1nn(C)cc1S(=O)(=O)NC(=O)c1ccc(-n2ccc(OCCC[Si](C)(C)C)n2)nc1Cl. The van der Waals surface area contributed by atoms with Crippen LogP contribution in [0.4, 0.5) is 0 Å². The fourth-order valence-corrected chi connectivity index (χ4v) is 5.71. The minimum Gasteiger partial charge on any atom is -0.477 e. The molecular weight excluding hydrogens is 484 g/mol. The molecule has 0 saturated heterocycles. The van der Waals surface area contributed by atoms with E-state index in [9.17, 15) is 13.2 Å². The van der Waals surface area contributed by atoms with E-state index >= 15 is 0 Å². The van der Waals surface area contributed by atoms with Crippen LogP contribution in [-0.4, -0.2) is 53.6 Å². The van der Waals surface area contributed by atoms with Gasteiger partial charge in [-0.3, -0.25) is 9.48 Å². The lowest BCUT2D eigenvalue weighted by Crippen LogP contribution is -2.31. The summed E-state index contributed by atoms with van der Waals surface area (Å²) in [6.45, 7) is 9.07. The predicted molar refractivity (Wildman–Crippen MR) is 127 cm³/mol. The molecule has 0 aliphatic rings. The third-order valence-electron chi connectivity index (χ3n) is 4.68. The molecule has 1 N–H and O–H groups in total. The van der Waals surface area contributed by atoms with E-state index in [2.05, 4.69) is 34.8 Å². The first-order valence-corrected chi connectivity index (χ1v) is 15.9. The molecule has 0 bridgehead atoms. The number of nitrogens with zero attached hydrogens (tertiary/aromatic N) is 5. The molecule has 0 saturated carbocycles. The third-order valence-corrected chi connectivity index (χ3v) is 8.26. The topological polar surface area (TPSA) is 121 Å². The molecule has 178 valence electrons. The Kier molecular flexibility index (Phi) is 7.29. The molecule has 33 heavy (non-hydrogen) atoms. The van der Waals surface area contributed by atoms with Crippen molar-refractivity contribution in [2.45, 2.75) is 43.9 Å². The maximum absolute atomic E-state index is 12.6. The van der Waals surface area contributed by atoms with E-state index in [1.165, 1.54) is 40.7 Å². The Morgan fingerprint density at radius 2 is 1.94 bits per heavy atom. The lowest BCUT2D eigenvalue weighted by atomic mass is 10.3. The number of sulfonamides is 1. The molecule has 13 heteroatoms. The predicted octanol–water partition coefficient (Wildman–Crippen LogP) is 3.19. The standard InChI is InChI=1S/C20H27ClN6O4SSi/c1-14-16(13-26(2)23-14)32(29,30)25-20(28)15-7-8-17(22-19(15)21)27-10-9-18(24-27)31-11-6-12-33(3,4)5/h7-10,13H,6,11-12H2,1-5H3,(H,25,28). The van der Waals surface area contributed by atoms with Crippen LogP contribution >= 0.6 is 11.6 Å². The molecule has 3 heterocycles. The number of amides is 1. The maximum Gasteiger partial charge on any atom is 0.268 e. The van der Waals surface area contributed by atoms with Crippen LogP contribution in [0.15, 0.2) is 35.5 Å². The fraction of sp³-hybridized carbons (Fsp3) is 0.400. The Balaban J connectivity index is 1.68. The van der Waals surface area contributed by atoms with Gasteiger partial charge in [-0.1, -0.05) is 37.3 Å². The molecule has 3 aromatic heterocycles. The first-order chi connectivity index (χ1) is 15.4. The van der Waals surface area contributed by atoms with Crippen molar-refractivity contribution in [2.75, 3.05) is 6.61 Å². The van der Waals surface area contributed by atoms with Gasteiger partial charge in [0.15, 0.2) is 5.82 Å². The van der Waals surface area contributed by atoms with Gasteiger partial charge in [0.25, 0.3) is 15.9 Å². The number of carbonyl (C=O) groups is 1. The number of carbonyl (C=O) groups excluding carboxylic acids is 1. The summed E-state index contributed by atoms with van der Waals surface area (Å²) in [7, 11) is -3.63. The second kappa shape index (κ2) is 9.65. The maximum atomic E-state index is 12.6. The number of aryl methyl sites for hydroxylation is 2. The van der Waals surface area contributed by atoms with Crippen LogP contribution in [-0.2, 0) is 17.1 Å². The zero-order valence-corrected chi connectivity index (χ0v) is 21.7. The second-order valence-electron chi connectivity index (χ2n) is 8.81. The summed E-state index contributed by atoms with van der Waals surface area (Å²) >= 11 is 6.18. The van der Waals surface area contributed by atoms with E-state index in [1.54, 1.807) is 19.3 Å². The van der Waals surface area contributed by atoms with Crippen LogP contribution in [0, 0.1) is 6.92 Å². The number of hydrogen-bond donors (Lipinski definition) is 1. The summed E-state index contributed by atoms with van der Waals surface area (Å²) in [5, 5.41) is 8.15. The monoisotopic (exact) mass is 510 g/mol. The molecule has 0 spiro atoms. The molecule has 0 aliphatic heterocycles. The van der Waals surface area contributed by atoms with Gasteiger partial charge in [-0.05, 0) is 25.5 Å². The average Bonchev–Trinajstić information content (AvgIpc) is 3.30. The van der Waals surface area contributed by atoms with Gasteiger partial charge >= 0.3 is 0 Å². The van der Waals surface area contributed by atoms with Gasteiger partial charge in [0.05, 0.1) is 17.9 Å². The number of halogens is 1. The number of pyridine rings is 1. The minimum atomic E-state index is -4.11. The number of nitrogens with one attached hydrogen (secondary N) is 1. The van der Waals surface area contributed by atoms with Crippen molar-refractivity contribution in [3.63, 3.8) is 0 Å². The molecule has 0 aromatic carbocycles. The largest absolute Gasteiger partial charge is 0.477 e. The van der Waals surface area contributed by atoms with Crippen LogP contribution in [0.25, 0.3) is 5.82 Å². The fourth-order valence-electron chi connectivity index (χ4n) is 3.09. The average molecular weight is 511 g/mol. The molecule has 0 aliphatic carbocycles. The quantitative estimate of drug-likeness (QED) is 0.266. The Bertz CT molecular complexity index is 1270. The first-order valence-electron chi connectivity index (χ1n) is 10.3. The van der Waals surface area contributed by atoms with Gasteiger partial charge in [-0.2, -0.15) is 5.10 Å². The molecule has 0 atom stereocenters. The Hall–Kier alpha value is -2.70. The van der Waals surface area contributed by atoms with E-state index in [0.717, 1.165) is 6.42 Å². The van der Waals surface area contributed by atoms with Crippen molar-refractivity contribution in [3.8, 4) is 11.7 Å². The number of hydrogen-bond acceptors (Lipinski definition) is 7. The van der Waals surface area contributed by atoms with E-state index in [4.69, 9.17) is 16.3 Å². The highest BCUT2D eigenvalue weighted by Gasteiger charge is 2.24. The van der Waals surface area contributed by atoms with Crippen LogP contribution in [0.3, 0.4) is 0 Å². The van der Waals surface area contributed by atoms with Crippen LogP contribution in [0.1, 0.15) is 22.5 Å². The number of rotatable bonds is 9. The Morgan fingerprint density at radius 1 is 1.21 bits per heavy atom. The van der Waals surface area contributed by atoms with Crippen molar-refractivity contribution < 1.29 is 17.9 Å². The molecule has 0 radical (unpaired) electrons. The van der Waals surface area contributed by atoms with E-state index < -0.39 is 24.0 Å². The lowest BCUT2D eigenvalue weighted by molar-refractivity contribution is 0.0981. The lowest BCUT2D eigenvalue weighted by Gasteiger charge is -2.14. The van der Waals surface area contributed by atoms with Crippen LogP contribution in [0.2, 0.25) is 30.8 Å². The third kappa shape index (κ3) is 6.42. The smallest absolute Gasteiger partial charge is 0.268 e. The highest BCUT2D eigenvalue weighted by atomic mass is 35.5. The van der Waals surface area contributed by atoms with Crippen LogP contribution in [0.5, 0.6) is 5.88 Å². The van der Waals surface area contributed by atoms with Gasteiger partial charge in [0.2, 0.25) is 5.88 Å². The van der Waals surface area contributed by atoms with Crippen molar-refractivity contribution in [1.29, 1.82) is 0 Å². The van der Waals surface area contributed by atoms with Gasteiger partial charge in [0, 0.05) is 33.6 Å². The van der Waals surface area contributed by atoms with Gasteiger partial charge < -0.3 is 4.74 Å². The molecule has 0 unspecified atom stereocenters. The summed E-state index contributed by atoms with van der Waals surface area (Å²) in [6.07, 6.45) is 3.95. The van der Waals surface area contributed by atoms with E-state index in [-0.39, 0.29) is 21.3 Å². The first kappa shape index (κ1) is 24.9. The second-order valence-corrected chi connectivity index (χ2v) is 16.4. The molecule has 10 nitrogen and oxygen atoms in total. The summed E-state index contributed by atoms with van der Waals surface area (Å²) in [5.41, 5.74) is 0.190. The zero-order valence-electron chi connectivity index (χ0n) is 19.2. The Morgan fingerprint density at radius 3 is 2.55 bits per heavy atom. The van der Waals surface area contributed by atoms with Crippen molar-refractivity contribution in [1.82, 2.24) is 29.3 Å². The molecule has 1 amide bonds. The molecule has 3 aromatic rings. The normalized spacial score (nSPS) is 12.1. The minimum absolute atomic E-state index is 0.0829. The van der Waals surface area contributed by atoms with Crippen molar-refractivity contribution >= 4 is 35.6 Å². The zero-order chi connectivity index (χ0) is 24.4. The van der Waals surface area contributed by atoms with Gasteiger partial charge in [-0.15, -0.1) is 5.10 Å². The van der Waals surface area contributed by atoms with Crippen LogP contribution < -0.4 is 9.46 Å². The van der Waals surface area contributed by atoms with E-state index in [0.29, 0.717) is 18.3 Å². The summed E-state index contributed by atoms with van der Waals surface area (Å²) in [4.78, 5) is 16.6. The summed E-state index contributed by atoms with van der Waals surface area (Å²) in [5.74, 6) is -0.0723. The summed E-state index contributed by atoms with van der Waals surface area (Å²) in [6, 6.07) is 5.80. The Labute approximate surface area is 199 Å². The van der Waals surface area contributed by atoms with Gasteiger partial charge in [0.1, 0.15) is 10.0 Å². The molecule has 0 fully saturated rings. The number of aromatic nitrogens is 5. The molecular formula is C20H27ClN6O4SSi. The van der Waals surface area contributed by atoms with Gasteiger partial charge in [-0.25, -0.2) is 22.8 Å². The highest BCUT2D eigenvalue weighted by Crippen LogP contribution is 2.19. The molecule has 3 rings (SSSR count). The number of ether oxygens (including phenoxy) is 1.